The number of carbonyl (C=O) groups is 1. The molecule has 0 heterocycles. The van der Waals surface area contributed by atoms with E-state index in [-0.39, 0.29) is 17.4 Å². The summed E-state index contributed by atoms with van der Waals surface area (Å²) in [6.45, 7) is 2.08. The second-order valence-electron chi connectivity index (χ2n) is 5.65. The van der Waals surface area contributed by atoms with Gasteiger partial charge in [-0.15, -0.1) is 0 Å². The first-order valence-electron chi connectivity index (χ1n) is 7.19. The van der Waals surface area contributed by atoms with Gasteiger partial charge >= 0.3 is 5.97 Å². The first-order valence-corrected chi connectivity index (χ1v) is 8.67. The molecule has 1 saturated carbocycles. The maximum Gasteiger partial charge on any atom is 0.306 e. The van der Waals surface area contributed by atoms with Crippen molar-refractivity contribution < 1.29 is 18.3 Å². The molecule has 2 unspecified atom stereocenters. The quantitative estimate of drug-likeness (QED) is 0.873. The number of sulfonamides is 1. The zero-order valence-corrected chi connectivity index (χ0v) is 12.9. The smallest absolute Gasteiger partial charge is 0.306 e. The van der Waals surface area contributed by atoms with Crippen LogP contribution in [-0.2, 0) is 14.8 Å². The van der Waals surface area contributed by atoms with Crippen LogP contribution in [0, 0.1) is 18.8 Å². The number of hydrogen-bond acceptors (Lipinski definition) is 3. The molecule has 6 heteroatoms. The molecule has 1 fully saturated rings. The molecule has 5 nitrogen and oxygen atoms in total. The van der Waals surface area contributed by atoms with Gasteiger partial charge in [0.2, 0.25) is 10.0 Å². The summed E-state index contributed by atoms with van der Waals surface area (Å²) in [5.41, 5.74) is 0.993. The minimum absolute atomic E-state index is 0.128. The van der Waals surface area contributed by atoms with Crippen LogP contribution in [0.3, 0.4) is 0 Å². The highest BCUT2D eigenvalue weighted by molar-refractivity contribution is 7.89. The number of aryl methyl sites for hydroxylation is 1. The molecule has 116 valence electrons. The molecule has 21 heavy (non-hydrogen) atoms. The van der Waals surface area contributed by atoms with Gasteiger partial charge in [-0.1, -0.05) is 30.5 Å². The lowest BCUT2D eigenvalue weighted by molar-refractivity contribution is -0.144. The Hall–Kier alpha value is -1.40. The summed E-state index contributed by atoms with van der Waals surface area (Å²) in [4.78, 5) is 11.4. The van der Waals surface area contributed by atoms with E-state index in [1.165, 1.54) is 0 Å². The third-order valence-electron chi connectivity index (χ3n) is 4.09. The molecule has 0 aliphatic heterocycles. The van der Waals surface area contributed by atoms with E-state index >= 15 is 0 Å². The lowest BCUT2D eigenvalue weighted by Crippen LogP contribution is -2.37. The van der Waals surface area contributed by atoms with E-state index in [0.29, 0.717) is 6.42 Å². The van der Waals surface area contributed by atoms with Gasteiger partial charge in [-0.3, -0.25) is 4.79 Å². The maximum atomic E-state index is 12.2. The first kappa shape index (κ1) is 16.0. The molecule has 0 saturated heterocycles. The number of carboxylic acid groups (broad SMARTS) is 1. The molecule has 1 aliphatic rings. The average Bonchev–Trinajstić information content (AvgIpc) is 2.46. The Labute approximate surface area is 125 Å². The predicted octanol–water partition coefficient (Wildman–Crippen LogP) is 2.16. The molecule has 0 radical (unpaired) electrons. The van der Waals surface area contributed by atoms with Crippen LogP contribution in [0.15, 0.2) is 29.2 Å². The molecule has 2 rings (SSSR count). The Kier molecular flexibility index (Phi) is 5.00. The maximum absolute atomic E-state index is 12.2. The van der Waals surface area contributed by atoms with Gasteiger partial charge < -0.3 is 5.11 Å². The largest absolute Gasteiger partial charge is 0.481 e. The molecule has 0 amide bonds. The number of hydrogen-bond donors (Lipinski definition) is 2. The highest BCUT2D eigenvalue weighted by atomic mass is 32.2. The van der Waals surface area contributed by atoms with Gasteiger partial charge in [0.15, 0.2) is 0 Å². The van der Waals surface area contributed by atoms with E-state index in [2.05, 4.69) is 4.72 Å². The number of nitrogens with one attached hydrogen (secondary N) is 1. The van der Waals surface area contributed by atoms with Gasteiger partial charge in [0.25, 0.3) is 0 Å². The standard InChI is InChI=1S/C15H21NO4S/c1-11-6-8-13(9-7-11)21(19,20)16-10-12-4-2-3-5-14(12)15(17)18/h6-9,12,14,16H,2-5,10H2,1H3,(H,17,18). The summed E-state index contributed by atoms with van der Waals surface area (Å²) in [5.74, 6) is -1.40. The van der Waals surface area contributed by atoms with Crippen molar-refractivity contribution in [3.63, 3.8) is 0 Å². The van der Waals surface area contributed by atoms with E-state index in [1.54, 1.807) is 24.3 Å². The Morgan fingerprint density at radius 3 is 2.48 bits per heavy atom. The molecule has 1 aliphatic carbocycles. The van der Waals surface area contributed by atoms with Gasteiger partial charge in [-0.25, -0.2) is 13.1 Å². The SMILES string of the molecule is Cc1ccc(S(=O)(=O)NCC2CCCCC2C(=O)O)cc1. The summed E-state index contributed by atoms with van der Waals surface area (Å²) >= 11 is 0. The predicted molar refractivity (Wildman–Crippen MR) is 79.5 cm³/mol. The molecule has 0 bridgehead atoms. The van der Waals surface area contributed by atoms with Gasteiger partial charge in [-0.2, -0.15) is 0 Å². The van der Waals surface area contributed by atoms with E-state index < -0.39 is 21.9 Å². The molecule has 2 atom stereocenters. The molecular weight excluding hydrogens is 290 g/mol. The Balaban J connectivity index is 2.03. The van der Waals surface area contributed by atoms with E-state index in [0.717, 1.165) is 24.8 Å². The van der Waals surface area contributed by atoms with Crippen LogP contribution >= 0.6 is 0 Å². The van der Waals surface area contributed by atoms with Crippen molar-refractivity contribution >= 4 is 16.0 Å². The highest BCUT2D eigenvalue weighted by Crippen LogP contribution is 2.30. The number of aliphatic carboxylic acids is 1. The van der Waals surface area contributed by atoms with E-state index in [1.807, 2.05) is 6.92 Å². The number of benzene rings is 1. The monoisotopic (exact) mass is 311 g/mol. The molecule has 1 aromatic carbocycles. The Morgan fingerprint density at radius 1 is 1.24 bits per heavy atom. The van der Waals surface area contributed by atoms with Gasteiger partial charge in [0.05, 0.1) is 10.8 Å². The normalized spacial score (nSPS) is 22.9. The van der Waals surface area contributed by atoms with Crippen molar-refractivity contribution in [3.8, 4) is 0 Å². The van der Waals surface area contributed by atoms with Crippen LogP contribution < -0.4 is 4.72 Å². The van der Waals surface area contributed by atoms with Crippen LogP contribution in [0.25, 0.3) is 0 Å². The van der Waals surface area contributed by atoms with Crippen molar-refractivity contribution in [2.45, 2.75) is 37.5 Å². The van der Waals surface area contributed by atoms with Crippen molar-refractivity contribution in [1.29, 1.82) is 0 Å². The van der Waals surface area contributed by atoms with E-state index in [9.17, 15) is 18.3 Å². The molecule has 1 aromatic rings. The fourth-order valence-corrected chi connectivity index (χ4v) is 3.89. The Morgan fingerprint density at radius 2 is 1.86 bits per heavy atom. The number of rotatable bonds is 5. The molecule has 2 N–H and O–H groups in total. The second-order valence-corrected chi connectivity index (χ2v) is 7.42. The van der Waals surface area contributed by atoms with Crippen LogP contribution in [0.2, 0.25) is 0 Å². The van der Waals surface area contributed by atoms with Crippen LogP contribution in [0.5, 0.6) is 0 Å². The minimum Gasteiger partial charge on any atom is -0.481 e. The third kappa shape index (κ3) is 4.04. The topological polar surface area (TPSA) is 83.5 Å². The van der Waals surface area contributed by atoms with Crippen molar-refractivity contribution in [2.75, 3.05) is 6.54 Å². The zero-order valence-electron chi connectivity index (χ0n) is 12.1. The minimum atomic E-state index is -3.57. The summed E-state index contributed by atoms with van der Waals surface area (Å²) in [6, 6.07) is 6.62. The fraction of sp³-hybridized carbons (Fsp3) is 0.533. The van der Waals surface area contributed by atoms with Gasteiger partial charge in [-0.05, 0) is 37.8 Å². The second kappa shape index (κ2) is 6.58. The van der Waals surface area contributed by atoms with Crippen LogP contribution in [0.1, 0.15) is 31.2 Å². The molecule has 0 spiro atoms. The fourth-order valence-electron chi connectivity index (χ4n) is 2.79. The van der Waals surface area contributed by atoms with Gasteiger partial charge in [0, 0.05) is 6.54 Å². The Bertz CT molecular complexity index is 595. The zero-order chi connectivity index (χ0) is 15.5. The lowest BCUT2D eigenvalue weighted by Gasteiger charge is -2.28. The van der Waals surface area contributed by atoms with Crippen molar-refractivity contribution in [1.82, 2.24) is 4.72 Å². The highest BCUT2D eigenvalue weighted by Gasteiger charge is 2.31. The summed E-state index contributed by atoms with van der Waals surface area (Å²) in [7, 11) is -3.57. The summed E-state index contributed by atoms with van der Waals surface area (Å²) in [6.07, 6.45) is 3.25. The third-order valence-corrected chi connectivity index (χ3v) is 5.53. The van der Waals surface area contributed by atoms with Crippen LogP contribution in [0.4, 0.5) is 0 Å². The number of carboxylic acids is 1. The van der Waals surface area contributed by atoms with E-state index in [4.69, 9.17) is 0 Å². The molecule has 0 aromatic heterocycles. The first-order chi connectivity index (χ1) is 9.90. The summed E-state index contributed by atoms with van der Waals surface area (Å²) < 4.78 is 27.0. The van der Waals surface area contributed by atoms with Crippen LogP contribution in [-0.4, -0.2) is 26.0 Å². The van der Waals surface area contributed by atoms with Gasteiger partial charge in [0.1, 0.15) is 0 Å². The van der Waals surface area contributed by atoms with Crippen molar-refractivity contribution in [2.24, 2.45) is 11.8 Å². The lowest BCUT2D eigenvalue weighted by atomic mass is 9.79. The summed E-state index contributed by atoms with van der Waals surface area (Å²) in [5, 5.41) is 9.21. The average molecular weight is 311 g/mol. The van der Waals surface area contributed by atoms with Crippen molar-refractivity contribution in [3.05, 3.63) is 29.8 Å². The molecular formula is C15H21NO4S.